The first kappa shape index (κ1) is 22.8. The summed E-state index contributed by atoms with van der Waals surface area (Å²) in [5, 5.41) is 17.5. The van der Waals surface area contributed by atoms with E-state index in [1.54, 1.807) is 7.11 Å². The third-order valence-corrected chi connectivity index (χ3v) is 7.15. The highest BCUT2D eigenvalue weighted by Gasteiger charge is 2.36. The van der Waals surface area contributed by atoms with Gasteiger partial charge in [-0.2, -0.15) is 0 Å². The van der Waals surface area contributed by atoms with Crippen molar-refractivity contribution in [3.8, 4) is 11.5 Å². The average molecular weight is 433 g/mol. The molecule has 0 saturated carbocycles. The summed E-state index contributed by atoms with van der Waals surface area (Å²) in [7, 11) is 1.68. The van der Waals surface area contributed by atoms with Gasteiger partial charge in [0.2, 0.25) is 0 Å². The highest BCUT2D eigenvalue weighted by atomic mass is 16.5. The minimum atomic E-state index is -0.498. The van der Waals surface area contributed by atoms with Gasteiger partial charge in [0, 0.05) is 45.8 Å². The van der Waals surface area contributed by atoms with E-state index in [4.69, 9.17) is 9.47 Å². The molecular formula is C24H40N4O3. The van der Waals surface area contributed by atoms with Crippen LogP contribution >= 0.6 is 0 Å². The van der Waals surface area contributed by atoms with E-state index in [1.165, 1.54) is 31.2 Å². The van der Waals surface area contributed by atoms with Crippen molar-refractivity contribution in [2.24, 2.45) is 5.41 Å². The Labute approximate surface area is 187 Å². The number of aliphatic hydroxyl groups is 1. The summed E-state index contributed by atoms with van der Waals surface area (Å²) >= 11 is 0. The quantitative estimate of drug-likeness (QED) is 0.572. The molecule has 0 aromatic heterocycles. The number of likely N-dealkylation sites (tertiary alicyclic amines) is 1. The highest BCUT2D eigenvalue weighted by Crippen LogP contribution is 2.38. The molecule has 3 fully saturated rings. The maximum Gasteiger partial charge on any atom is 0.161 e. The molecule has 0 aliphatic carbocycles. The number of piperidine rings is 2. The minimum Gasteiger partial charge on any atom is -0.493 e. The van der Waals surface area contributed by atoms with Crippen molar-refractivity contribution < 1.29 is 14.6 Å². The molecule has 3 N–H and O–H groups in total. The topological polar surface area (TPSA) is 69.2 Å². The Morgan fingerprint density at radius 2 is 1.77 bits per heavy atom. The van der Waals surface area contributed by atoms with E-state index in [0.717, 1.165) is 64.7 Å². The van der Waals surface area contributed by atoms with Gasteiger partial charge in [0.05, 0.1) is 7.11 Å². The molecule has 7 nitrogen and oxygen atoms in total. The van der Waals surface area contributed by atoms with Gasteiger partial charge in [0.1, 0.15) is 12.7 Å². The number of benzene rings is 1. The second-order valence-corrected chi connectivity index (χ2v) is 9.56. The first-order valence-electron chi connectivity index (χ1n) is 12.0. The number of nitrogens with one attached hydrogen (secondary N) is 2. The summed E-state index contributed by atoms with van der Waals surface area (Å²) in [6.07, 6.45) is 4.58. The maximum absolute atomic E-state index is 10.7. The fourth-order valence-corrected chi connectivity index (χ4v) is 5.42. The minimum absolute atomic E-state index is 0.290. The van der Waals surface area contributed by atoms with E-state index >= 15 is 0 Å². The Hall–Kier alpha value is -1.38. The lowest BCUT2D eigenvalue weighted by Crippen LogP contribution is -2.50. The molecule has 0 radical (unpaired) electrons. The van der Waals surface area contributed by atoms with Gasteiger partial charge in [0.25, 0.3) is 0 Å². The SMILES string of the molecule is COc1cc(CN2CCNCC2)ccc1OCC(O)CN1CCCC2(CCNCC2)C1. The molecule has 1 atom stereocenters. The van der Waals surface area contributed by atoms with Crippen molar-refractivity contribution in [2.45, 2.75) is 38.3 Å². The fourth-order valence-electron chi connectivity index (χ4n) is 5.42. The zero-order valence-electron chi connectivity index (χ0n) is 19.1. The van der Waals surface area contributed by atoms with E-state index in [9.17, 15) is 5.11 Å². The van der Waals surface area contributed by atoms with Crippen molar-refractivity contribution >= 4 is 0 Å². The maximum atomic E-state index is 10.7. The number of aliphatic hydroxyl groups excluding tert-OH is 1. The van der Waals surface area contributed by atoms with E-state index in [0.29, 0.717) is 24.3 Å². The van der Waals surface area contributed by atoms with E-state index in [1.807, 2.05) is 6.07 Å². The summed E-state index contributed by atoms with van der Waals surface area (Å²) in [5.74, 6) is 1.45. The Kier molecular flexibility index (Phi) is 8.07. The normalized spacial score (nSPS) is 23.5. The van der Waals surface area contributed by atoms with Crippen LogP contribution in [0.3, 0.4) is 0 Å². The van der Waals surface area contributed by atoms with Gasteiger partial charge in [-0.25, -0.2) is 0 Å². The van der Waals surface area contributed by atoms with Crippen LogP contribution in [0.1, 0.15) is 31.2 Å². The van der Waals surface area contributed by atoms with Crippen LogP contribution in [-0.2, 0) is 6.54 Å². The molecular weight excluding hydrogens is 392 g/mol. The molecule has 1 aromatic carbocycles. The molecule has 0 amide bonds. The number of hydrogen-bond donors (Lipinski definition) is 3. The molecule has 1 unspecified atom stereocenters. The van der Waals surface area contributed by atoms with Crippen LogP contribution in [-0.4, -0.2) is 93.6 Å². The molecule has 31 heavy (non-hydrogen) atoms. The van der Waals surface area contributed by atoms with Gasteiger partial charge in [-0.3, -0.25) is 4.90 Å². The monoisotopic (exact) mass is 432 g/mol. The number of rotatable bonds is 8. The third kappa shape index (κ3) is 6.33. The smallest absolute Gasteiger partial charge is 0.161 e. The van der Waals surface area contributed by atoms with Crippen LogP contribution in [0.4, 0.5) is 0 Å². The van der Waals surface area contributed by atoms with E-state index in [2.05, 4.69) is 32.6 Å². The summed E-state index contributed by atoms with van der Waals surface area (Å²) in [6.45, 7) is 10.6. The molecule has 3 heterocycles. The predicted molar refractivity (Wildman–Crippen MR) is 123 cm³/mol. The lowest BCUT2D eigenvalue weighted by atomic mass is 9.73. The molecule has 4 rings (SSSR count). The van der Waals surface area contributed by atoms with Crippen LogP contribution in [0.5, 0.6) is 11.5 Å². The molecule has 0 bridgehead atoms. The Morgan fingerprint density at radius 3 is 2.55 bits per heavy atom. The van der Waals surface area contributed by atoms with Crippen LogP contribution in [0, 0.1) is 5.41 Å². The summed E-state index contributed by atoms with van der Waals surface area (Å²) in [5.41, 5.74) is 1.68. The standard InChI is InChI=1S/C24H40N4O3/c1-30-23-15-20(16-27-13-10-26-11-14-27)3-4-22(23)31-18-21(29)17-28-12-2-5-24(19-28)6-8-25-9-7-24/h3-4,15,21,25-26,29H,2,5-14,16-19H2,1H3. The van der Waals surface area contributed by atoms with Crippen LogP contribution in [0.2, 0.25) is 0 Å². The summed E-state index contributed by atoms with van der Waals surface area (Å²) < 4.78 is 11.6. The lowest BCUT2D eigenvalue weighted by Gasteiger charge is -2.45. The predicted octanol–water partition coefficient (Wildman–Crippen LogP) is 1.31. The van der Waals surface area contributed by atoms with E-state index < -0.39 is 6.10 Å². The Bertz CT molecular complexity index is 684. The molecule has 3 aliphatic heterocycles. The summed E-state index contributed by atoms with van der Waals surface area (Å²) in [4.78, 5) is 4.89. The average Bonchev–Trinajstić information content (AvgIpc) is 2.79. The second kappa shape index (κ2) is 11.0. The highest BCUT2D eigenvalue weighted by molar-refractivity contribution is 5.43. The number of β-amino-alcohol motifs (C(OH)–C–C–N with tert-alkyl or cyclic N) is 1. The van der Waals surface area contributed by atoms with Crippen molar-refractivity contribution in [3.63, 3.8) is 0 Å². The molecule has 3 saturated heterocycles. The van der Waals surface area contributed by atoms with E-state index in [-0.39, 0.29) is 0 Å². The van der Waals surface area contributed by atoms with Crippen LogP contribution < -0.4 is 20.1 Å². The molecule has 1 aromatic rings. The van der Waals surface area contributed by atoms with Crippen LogP contribution in [0.25, 0.3) is 0 Å². The number of nitrogens with zero attached hydrogens (tertiary/aromatic N) is 2. The molecule has 7 heteroatoms. The van der Waals surface area contributed by atoms with Crippen molar-refractivity contribution in [1.82, 2.24) is 20.4 Å². The van der Waals surface area contributed by atoms with Crippen molar-refractivity contribution in [3.05, 3.63) is 23.8 Å². The van der Waals surface area contributed by atoms with Gasteiger partial charge < -0.3 is 30.1 Å². The largest absolute Gasteiger partial charge is 0.493 e. The second-order valence-electron chi connectivity index (χ2n) is 9.56. The molecule has 3 aliphatic rings. The lowest BCUT2D eigenvalue weighted by molar-refractivity contribution is 0.0141. The van der Waals surface area contributed by atoms with Crippen LogP contribution in [0.15, 0.2) is 18.2 Å². The van der Waals surface area contributed by atoms with Gasteiger partial charge in [-0.05, 0) is 68.4 Å². The third-order valence-electron chi connectivity index (χ3n) is 7.15. The molecule has 174 valence electrons. The van der Waals surface area contributed by atoms with Crippen molar-refractivity contribution in [2.75, 3.05) is 72.6 Å². The zero-order valence-corrected chi connectivity index (χ0v) is 19.1. The zero-order chi connectivity index (χ0) is 21.5. The fraction of sp³-hybridized carbons (Fsp3) is 0.750. The van der Waals surface area contributed by atoms with Crippen molar-refractivity contribution in [1.29, 1.82) is 0 Å². The number of hydrogen-bond acceptors (Lipinski definition) is 7. The number of piperazine rings is 1. The Balaban J connectivity index is 1.26. The van der Waals surface area contributed by atoms with Gasteiger partial charge in [0.15, 0.2) is 11.5 Å². The molecule has 1 spiro atoms. The number of methoxy groups -OCH3 is 1. The first-order chi connectivity index (χ1) is 15.2. The van der Waals surface area contributed by atoms with Gasteiger partial charge >= 0.3 is 0 Å². The van der Waals surface area contributed by atoms with Gasteiger partial charge in [-0.15, -0.1) is 0 Å². The number of ether oxygens (including phenoxy) is 2. The Morgan fingerprint density at radius 1 is 1.00 bits per heavy atom. The van der Waals surface area contributed by atoms with Gasteiger partial charge in [-0.1, -0.05) is 6.07 Å². The summed E-state index contributed by atoms with van der Waals surface area (Å²) in [6, 6.07) is 6.15. The first-order valence-corrected chi connectivity index (χ1v) is 12.0.